The summed E-state index contributed by atoms with van der Waals surface area (Å²) in [5, 5.41) is 11.8. The van der Waals surface area contributed by atoms with E-state index in [-0.39, 0.29) is 12.1 Å². The molecular weight excluding hydrogens is 258 g/mol. The molecule has 0 aliphatic heterocycles. The van der Waals surface area contributed by atoms with Crippen molar-refractivity contribution in [2.24, 2.45) is 15.3 Å². The van der Waals surface area contributed by atoms with E-state index in [2.05, 4.69) is 25.0 Å². The van der Waals surface area contributed by atoms with E-state index in [4.69, 9.17) is 17.1 Å². The molecule has 8 heteroatoms. The van der Waals surface area contributed by atoms with Crippen molar-refractivity contribution >= 4 is 17.0 Å². The Bertz CT molecular complexity index is 360. The third-order valence-corrected chi connectivity index (χ3v) is 1.94. The summed E-state index contributed by atoms with van der Waals surface area (Å²) in [5.41, 5.74) is 6.37. The Morgan fingerprint density at radius 1 is 1.33 bits per heavy atom. The first-order chi connectivity index (χ1) is 8.18. The largest absolute Gasteiger partial charge is 0.454 e. The molecule has 0 bridgehead atoms. The van der Waals surface area contributed by atoms with Crippen LogP contribution in [0.3, 0.4) is 0 Å². The highest BCUT2D eigenvalue weighted by atomic mass is 35.5. The van der Waals surface area contributed by atoms with Crippen LogP contribution in [0.5, 0.6) is 0 Å². The number of hydrogen-bond acceptors (Lipinski definition) is 5. The molecule has 0 aliphatic carbocycles. The molecule has 7 nitrogen and oxygen atoms in total. The quantitative estimate of drug-likeness (QED) is 0.235. The van der Waals surface area contributed by atoms with Crippen LogP contribution in [-0.4, -0.2) is 23.2 Å². The topological polar surface area (TPSA) is 99.8 Å². The number of azo groups is 1. The Kier molecular flexibility index (Phi) is 6.65. The number of nitrogens with zero attached hydrogens (tertiary/aromatic N) is 5. The van der Waals surface area contributed by atoms with Crippen molar-refractivity contribution in [3.63, 3.8) is 0 Å². The normalized spacial score (nSPS) is 14.9. The number of ether oxygens (including phenoxy) is 1. The summed E-state index contributed by atoms with van der Waals surface area (Å²) in [6.45, 7) is 7.50. The predicted molar refractivity (Wildman–Crippen MR) is 68.6 cm³/mol. The van der Waals surface area contributed by atoms with Gasteiger partial charge in [-0.25, -0.2) is 4.79 Å². The molecular formula is C10H18ClN5O2. The highest BCUT2D eigenvalue weighted by molar-refractivity contribution is 6.61. The second-order valence-electron chi connectivity index (χ2n) is 4.97. The molecule has 1 unspecified atom stereocenters. The number of halogens is 1. The van der Waals surface area contributed by atoms with Gasteiger partial charge in [-0.05, 0) is 46.1 Å². The summed E-state index contributed by atoms with van der Waals surface area (Å²) in [5.74, 6) is 0. The molecule has 0 amide bonds. The maximum Gasteiger partial charge on any atom is 0.403 e. The van der Waals surface area contributed by atoms with Crippen LogP contribution in [0.25, 0.3) is 10.4 Å². The van der Waals surface area contributed by atoms with E-state index >= 15 is 0 Å². The third-order valence-electron chi connectivity index (χ3n) is 1.84. The average Bonchev–Trinajstić information content (AvgIpc) is 2.21. The minimum atomic E-state index is -0.971. The Hall–Kier alpha value is -1.33. The van der Waals surface area contributed by atoms with Gasteiger partial charge in [0.05, 0.1) is 12.1 Å². The molecule has 102 valence electrons. The molecule has 18 heavy (non-hydrogen) atoms. The van der Waals surface area contributed by atoms with Gasteiger partial charge in [-0.1, -0.05) is 5.11 Å². The zero-order valence-electron chi connectivity index (χ0n) is 11.1. The van der Waals surface area contributed by atoms with E-state index in [9.17, 15) is 4.79 Å². The van der Waals surface area contributed by atoms with Gasteiger partial charge in [0.2, 0.25) is 0 Å². The van der Waals surface area contributed by atoms with Crippen molar-refractivity contribution in [1.82, 2.24) is 0 Å². The van der Waals surface area contributed by atoms with E-state index < -0.39 is 11.1 Å². The highest BCUT2D eigenvalue weighted by Crippen LogP contribution is 2.22. The van der Waals surface area contributed by atoms with Gasteiger partial charge in [0, 0.05) is 16.5 Å². The second-order valence-corrected chi connectivity index (χ2v) is 5.28. The van der Waals surface area contributed by atoms with Crippen molar-refractivity contribution in [3.05, 3.63) is 10.4 Å². The number of azide groups is 1. The van der Waals surface area contributed by atoms with Gasteiger partial charge in [0.25, 0.3) is 0 Å². The standard InChI is InChI=1S/C10H18ClN5O2/c1-9(2,3)13-14-10(4,15-16-12)6-5-7-18-8(11)17/h5-7H2,1-4H3. The van der Waals surface area contributed by atoms with E-state index in [0.29, 0.717) is 12.8 Å². The first kappa shape index (κ1) is 16.7. The number of rotatable bonds is 6. The molecule has 0 aromatic carbocycles. The van der Waals surface area contributed by atoms with E-state index in [1.807, 2.05) is 20.8 Å². The maximum atomic E-state index is 10.4. The summed E-state index contributed by atoms with van der Waals surface area (Å²) in [7, 11) is 0. The smallest absolute Gasteiger partial charge is 0.403 e. The first-order valence-electron chi connectivity index (χ1n) is 5.51. The molecule has 0 spiro atoms. The summed E-state index contributed by atoms with van der Waals surface area (Å²) < 4.78 is 4.58. The molecule has 0 N–H and O–H groups in total. The lowest BCUT2D eigenvalue weighted by Crippen LogP contribution is -2.20. The Labute approximate surface area is 111 Å². The summed E-state index contributed by atoms with van der Waals surface area (Å²) >= 11 is 5.02. The molecule has 0 aliphatic rings. The molecule has 0 heterocycles. The molecule has 0 saturated carbocycles. The lowest BCUT2D eigenvalue weighted by Gasteiger charge is -2.19. The van der Waals surface area contributed by atoms with E-state index in [1.54, 1.807) is 6.92 Å². The van der Waals surface area contributed by atoms with Crippen LogP contribution < -0.4 is 0 Å². The van der Waals surface area contributed by atoms with Crippen LogP contribution in [0.2, 0.25) is 0 Å². The molecule has 0 aromatic heterocycles. The maximum absolute atomic E-state index is 10.4. The van der Waals surface area contributed by atoms with Crippen molar-refractivity contribution in [2.45, 2.75) is 51.7 Å². The Balaban J connectivity index is 4.49. The Morgan fingerprint density at radius 2 is 1.94 bits per heavy atom. The van der Waals surface area contributed by atoms with Crippen LogP contribution in [0, 0.1) is 0 Å². The summed E-state index contributed by atoms with van der Waals surface area (Å²) in [6.07, 6.45) is 0.901. The van der Waals surface area contributed by atoms with Gasteiger partial charge in [-0.2, -0.15) is 10.2 Å². The van der Waals surface area contributed by atoms with Crippen molar-refractivity contribution in [1.29, 1.82) is 0 Å². The van der Waals surface area contributed by atoms with Crippen LogP contribution >= 0.6 is 11.6 Å². The minimum Gasteiger partial charge on any atom is -0.454 e. The number of carbonyl (C=O) groups excluding carboxylic acids is 1. The average molecular weight is 276 g/mol. The zero-order valence-corrected chi connectivity index (χ0v) is 11.8. The molecule has 0 rings (SSSR count). The van der Waals surface area contributed by atoms with Gasteiger partial charge >= 0.3 is 5.43 Å². The monoisotopic (exact) mass is 275 g/mol. The van der Waals surface area contributed by atoms with Gasteiger partial charge in [0.15, 0.2) is 5.66 Å². The molecule has 0 fully saturated rings. The second kappa shape index (κ2) is 7.18. The lowest BCUT2D eigenvalue weighted by molar-refractivity contribution is 0.167. The summed E-state index contributed by atoms with van der Waals surface area (Å²) in [4.78, 5) is 13.1. The van der Waals surface area contributed by atoms with Crippen LogP contribution in [0.4, 0.5) is 4.79 Å². The number of hydrogen-bond donors (Lipinski definition) is 0. The molecule has 1 atom stereocenters. The van der Waals surface area contributed by atoms with Crippen LogP contribution in [-0.2, 0) is 4.74 Å². The summed E-state index contributed by atoms with van der Waals surface area (Å²) in [6, 6.07) is 0. The van der Waals surface area contributed by atoms with Crippen LogP contribution in [0.15, 0.2) is 15.3 Å². The van der Waals surface area contributed by atoms with E-state index in [0.717, 1.165) is 0 Å². The van der Waals surface area contributed by atoms with Crippen LogP contribution in [0.1, 0.15) is 40.5 Å². The highest BCUT2D eigenvalue weighted by Gasteiger charge is 2.23. The number of carbonyl (C=O) groups is 1. The minimum absolute atomic E-state index is 0.157. The van der Waals surface area contributed by atoms with Gasteiger partial charge in [-0.3, -0.25) is 0 Å². The molecule has 0 aromatic rings. The zero-order chi connectivity index (χ0) is 14.2. The Morgan fingerprint density at radius 3 is 2.39 bits per heavy atom. The first-order valence-corrected chi connectivity index (χ1v) is 5.89. The fourth-order valence-electron chi connectivity index (χ4n) is 1.03. The van der Waals surface area contributed by atoms with Crippen molar-refractivity contribution < 1.29 is 9.53 Å². The van der Waals surface area contributed by atoms with Gasteiger partial charge in [0.1, 0.15) is 0 Å². The molecule has 0 radical (unpaired) electrons. The van der Waals surface area contributed by atoms with E-state index in [1.165, 1.54) is 0 Å². The fourth-order valence-corrected chi connectivity index (χ4v) is 1.11. The van der Waals surface area contributed by atoms with Crippen molar-refractivity contribution in [3.8, 4) is 0 Å². The SMILES string of the molecule is CC(C)(C)N=NC(C)(CCCOC(=O)Cl)N=[N+]=[N-]. The van der Waals surface area contributed by atoms with Gasteiger partial charge in [-0.15, -0.1) is 0 Å². The predicted octanol–water partition coefficient (Wildman–Crippen LogP) is 4.42. The lowest BCUT2D eigenvalue weighted by atomic mass is 10.1. The third kappa shape index (κ3) is 8.78. The fraction of sp³-hybridized carbons (Fsp3) is 0.900. The van der Waals surface area contributed by atoms with Crippen molar-refractivity contribution in [2.75, 3.05) is 6.61 Å². The van der Waals surface area contributed by atoms with Gasteiger partial charge < -0.3 is 4.74 Å². The molecule has 0 saturated heterocycles.